The molecule has 3 nitrogen and oxygen atoms in total. The molecule has 0 radical (unpaired) electrons. The molecule has 0 fully saturated rings. The first-order valence-corrected chi connectivity index (χ1v) is 3.34. The van der Waals surface area contributed by atoms with E-state index in [0.717, 1.165) is 13.1 Å². The van der Waals surface area contributed by atoms with Crippen molar-refractivity contribution in [3.63, 3.8) is 0 Å². The fourth-order valence-electron chi connectivity index (χ4n) is 1.10. The van der Waals surface area contributed by atoms with E-state index in [2.05, 4.69) is 15.8 Å². The SMILES string of the molecule is c1cc2c(cn1)CNNC2. The molecule has 10 heavy (non-hydrogen) atoms. The van der Waals surface area contributed by atoms with Gasteiger partial charge >= 0.3 is 0 Å². The summed E-state index contributed by atoms with van der Waals surface area (Å²) in [6.45, 7) is 1.78. The highest BCUT2D eigenvalue weighted by Crippen LogP contribution is 2.07. The molecule has 0 saturated heterocycles. The fraction of sp³-hybridized carbons (Fsp3) is 0.286. The van der Waals surface area contributed by atoms with Crippen LogP contribution in [0.1, 0.15) is 11.1 Å². The summed E-state index contributed by atoms with van der Waals surface area (Å²) in [6.07, 6.45) is 3.73. The summed E-state index contributed by atoms with van der Waals surface area (Å²) in [5, 5.41) is 0. The average molecular weight is 135 g/mol. The summed E-state index contributed by atoms with van der Waals surface area (Å²) < 4.78 is 0. The molecule has 2 N–H and O–H groups in total. The number of nitrogens with zero attached hydrogens (tertiary/aromatic N) is 1. The summed E-state index contributed by atoms with van der Waals surface area (Å²) in [7, 11) is 0. The smallest absolute Gasteiger partial charge is 0.0369 e. The van der Waals surface area contributed by atoms with E-state index in [9.17, 15) is 0 Å². The van der Waals surface area contributed by atoms with Crippen molar-refractivity contribution < 1.29 is 0 Å². The largest absolute Gasteiger partial charge is 0.264 e. The maximum Gasteiger partial charge on any atom is 0.0369 e. The van der Waals surface area contributed by atoms with E-state index in [1.807, 2.05) is 18.5 Å². The molecule has 0 amide bonds. The number of hydrogen-bond acceptors (Lipinski definition) is 3. The number of fused-ring (bicyclic) bond motifs is 1. The Morgan fingerprint density at radius 2 is 2.00 bits per heavy atom. The van der Waals surface area contributed by atoms with Gasteiger partial charge in [0.2, 0.25) is 0 Å². The van der Waals surface area contributed by atoms with E-state index < -0.39 is 0 Å². The Balaban J connectivity index is 2.41. The average Bonchev–Trinajstić information content (AvgIpc) is 2.05. The van der Waals surface area contributed by atoms with Gasteiger partial charge in [0, 0.05) is 25.5 Å². The molecule has 0 bridgehead atoms. The predicted molar refractivity (Wildman–Crippen MR) is 37.9 cm³/mol. The Morgan fingerprint density at radius 3 is 2.80 bits per heavy atom. The van der Waals surface area contributed by atoms with Gasteiger partial charge in [0.25, 0.3) is 0 Å². The van der Waals surface area contributed by atoms with Crippen molar-refractivity contribution in [2.45, 2.75) is 13.1 Å². The highest BCUT2D eigenvalue weighted by Gasteiger charge is 2.05. The van der Waals surface area contributed by atoms with E-state index in [-0.39, 0.29) is 0 Å². The molecule has 0 unspecified atom stereocenters. The number of hydrazine groups is 1. The van der Waals surface area contributed by atoms with Crippen LogP contribution in [0.2, 0.25) is 0 Å². The second-order valence-corrected chi connectivity index (χ2v) is 2.35. The van der Waals surface area contributed by atoms with Crippen molar-refractivity contribution in [1.82, 2.24) is 15.8 Å². The zero-order valence-corrected chi connectivity index (χ0v) is 5.59. The third kappa shape index (κ3) is 0.894. The highest BCUT2D eigenvalue weighted by atomic mass is 15.4. The van der Waals surface area contributed by atoms with Crippen LogP contribution in [0.5, 0.6) is 0 Å². The normalized spacial score (nSPS) is 16.4. The lowest BCUT2D eigenvalue weighted by atomic mass is 10.1. The minimum atomic E-state index is 0.878. The third-order valence-corrected chi connectivity index (χ3v) is 1.69. The van der Waals surface area contributed by atoms with Crippen molar-refractivity contribution in [3.8, 4) is 0 Å². The molecule has 3 heteroatoms. The van der Waals surface area contributed by atoms with Crippen LogP contribution in [0.25, 0.3) is 0 Å². The number of aromatic nitrogens is 1. The van der Waals surface area contributed by atoms with E-state index >= 15 is 0 Å². The van der Waals surface area contributed by atoms with Crippen molar-refractivity contribution in [1.29, 1.82) is 0 Å². The molecule has 1 aromatic rings. The molecule has 0 aliphatic carbocycles. The maximum atomic E-state index is 4.03. The molecule has 1 aliphatic heterocycles. The zero-order valence-electron chi connectivity index (χ0n) is 5.59. The minimum absolute atomic E-state index is 0.878. The van der Waals surface area contributed by atoms with Gasteiger partial charge in [0.1, 0.15) is 0 Å². The lowest BCUT2D eigenvalue weighted by Crippen LogP contribution is -2.35. The summed E-state index contributed by atoms with van der Waals surface area (Å²) in [6, 6.07) is 2.04. The molecule has 0 atom stereocenters. The summed E-state index contributed by atoms with van der Waals surface area (Å²) in [4.78, 5) is 4.03. The fourth-order valence-corrected chi connectivity index (χ4v) is 1.10. The van der Waals surface area contributed by atoms with Gasteiger partial charge in [0.05, 0.1) is 0 Å². The lowest BCUT2D eigenvalue weighted by Gasteiger charge is -2.16. The van der Waals surface area contributed by atoms with Crippen molar-refractivity contribution in [3.05, 3.63) is 29.6 Å². The monoisotopic (exact) mass is 135 g/mol. The van der Waals surface area contributed by atoms with Crippen molar-refractivity contribution in [2.75, 3.05) is 0 Å². The topological polar surface area (TPSA) is 37.0 Å². The Morgan fingerprint density at radius 1 is 1.20 bits per heavy atom. The quantitative estimate of drug-likeness (QED) is 0.533. The van der Waals surface area contributed by atoms with Crippen LogP contribution in [-0.4, -0.2) is 4.98 Å². The summed E-state index contributed by atoms with van der Waals surface area (Å²) >= 11 is 0. The molecule has 0 aromatic carbocycles. The molecular formula is C7H9N3. The van der Waals surface area contributed by atoms with Crippen LogP contribution in [0.4, 0.5) is 0 Å². The number of rotatable bonds is 0. The second kappa shape index (κ2) is 2.36. The van der Waals surface area contributed by atoms with Gasteiger partial charge in [-0.05, 0) is 17.2 Å². The van der Waals surface area contributed by atoms with Crippen LogP contribution in [0, 0.1) is 0 Å². The molecule has 1 aliphatic rings. The molecule has 0 saturated carbocycles. The first-order chi connectivity index (χ1) is 4.97. The number of nitrogens with one attached hydrogen (secondary N) is 2. The van der Waals surface area contributed by atoms with E-state index in [1.54, 1.807) is 0 Å². The van der Waals surface area contributed by atoms with Gasteiger partial charge in [-0.25, -0.2) is 0 Å². The highest BCUT2D eigenvalue weighted by molar-refractivity contribution is 5.24. The lowest BCUT2D eigenvalue weighted by molar-refractivity contribution is 0.495. The summed E-state index contributed by atoms with van der Waals surface area (Å²) in [5.41, 5.74) is 8.75. The minimum Gasteiger partial charge on any atom is -0.264 e. The van der Waals surface area contributed by atoms with Crippen LogP contribution in [0.15, 0.2) is 18.5 Å². The molecule has 1 aromatic heterocycles. The Hall–Kier alpha value is -0.930. The Kier molecular flexibility index (Phi) is 1.38. The maximum absolute atomic E-state index is 4.03. The standard InChI is InChI=1S/C7H9N3/c1-2-8-3-7-5-10-9-4-6(1)7/h1-3,9-10H,4-5H2. The van der Waals surface area contributed by atoms with Gasteiger partial charge < -0.3 is 0 Å². The van der Waals surface area contributed by atoms with Gasteiger partial charge in [-0.2, -0.15) is 0 Å². The van der Waals surface area contributed by atoms with Crippen LogP contribution >= 0.6 is 0 Å². The second-order valence-electron chi connectivity index (χ2n) is 2.35. The number of hydrogen-bond donors (Lipinski definition) is 2. The van der Waals surface area contributed by atoms with Crippen LogP contribution in [-0.2, 0) is 13.1 Å². The zero-order chi connectivity index (χ0) is 6.81. The van der Waals surface area contributed by atoms with Crippen LogP contribution in [0.3, 0.4) is 0 Å². The van der Waals surface area contributed by atoms with Gasteiger partial charge in [-0.15, -0.1) is 0 Å². The number of pyridine rings is 1. The van der Waals surface area contributed by atoms with Crippen molar-refractivity contribution >= 4 is 0 Å². The van der Waals surface area contributed by atoms with Crippen molar-refractivity contribution in [2.24, 2.45) is 0 Å². The first kappa shape index (κ1) is 5.82. The van der Waals surface area contributed by atoms with Gasteiger partial charge in [-0.3, -0.25) is 15.8 Å². The molecule has 0 spiro atoms. The molecular weight excluding hydrogens is 126 g/mol. The van der Waals surface area contributed by atoms with Crippen LogP contribution < -0.4 is 10.9 Å². The molecule has 2 rings (SSSR count). The third-order valence-electron chi connectivity index (χ3n) is 1.69. The van der Waals surface area contributed by atoms with E-state index in [4.69, 9.17) is 0 Å². The van der Waals surface area contributed by atoms with Gasteiger partial charge in [-0.1, -0.05) is 0 Å². The van der Waals surface area contributed by atoms with E-state index in [0.29, 0.717) is 0 Å². The Labute approximate surface area is 59.4 Å². The molecule has 2 heterocycles. The van der Waals surface area contributed by atoms with Gasteiger partial charge in [0.15, 0.2) is 0 Å². The summed E-state index contributed by atoms with van der Waals surface area (Å²) in [5.74, 6) is 0. The predicted octanol–water partition coefficient (Wildman–Crippen LogP) is 0.189. The molecule has 52 valence electrons. The Bertz CT molecular complexity index is 209. The first-order valence-electron chi connectivity index (χ1n) is 3.34. The van der Waals surface area contributed by atoms with E-state index in [1.165, 1.54) is 11.1 Å².